The first-order valence-electron chi connectivity index (χ1n) is 6.70. The Morgan fingerprint density at radius 1 is 1.10 bits per heavy atom. The lowest BCUT2D eigenvalue weighted by Gasteiger charge is -2.14. The van der Waals surface area contributed by atoms with Crippen molar-refractivity contribution in [2.45, 2.75) is 20.8 Å². The molecule has 1 rings (SSSR count). The van der Waals surface area contributed by atoms with E-state index in [1.54, 1.807) is 32.0 Å². The van der Waals surface area contributed by atoms with E-state index in [9.17, 15) is 14.4 Å². The minimum absolute atomic E-state index is 0.0759. The van der Waals surface area contributed by atoms with Crippen molar-refractivity contribution in [3.8, 4) is 0 Å². The summed E-state index contributed by atoms with van der Waals surface area (Å²) in [5, 5.41) is 2.52. The quantitative estimate of drug-likeness (QED) is 0.637. The number of carbonyl (C=O) groups is 3. The molecule has 0 aliphatic heterocycles. The number of benzene rings is 1. The average Bonchev–Trinajstić information content (AvgIpc) is 2.39. The van der Waals surface area contributed by atoms with E-state index in [1.807, 2.05) is 13.0 Å². The summed E-state index contributed by atoms with van der Waals surface area (Å²) >= 11 is 0. The monoisotopic (exact) mass is 293 g/mol. The molecular weight excluding hydrogens is 274 g/mol. The fourth-order valence-electron chi connectivity index (χ4n) is 1.70. The summed E-state index contributed by atoms with van der Waals surface area (Å²) in [5.74, 6) is -4.22. The summed E-state index contributed by atoms with van der Waals surface area (Å²) in [4.78, 5) is 35.7. The molecule has 6 nitrogen and oxygen atoms in total. The van der Waals surface area contributed by atoms with Gasteiger partial charge in [0.25, 0.3) is 0 Å². The van der Waals surface area contributed by atoms with Crippen molar-refractivity contribution in [2.75, 3.05) is 18.5 Å². The molecule has 0 heterocycles. The second-order valence-electron chi connectivity index (χ2n) is 4.30. The molecule has 0 atom stereocenters. The first-order valence-corrected chi connectivity index (χ1v) is 6.70. The van der Waals surface area contributed by atoms with Crippen LogP contribution in [0.15, 0.2) is 24.3 Å². The first-order chi connectivity index (χ1) is 9.99. The minimum Gasteiger partial charge on any atom is -0.465 e. The van der Waals surface area contributed by atoms with E-state index >= 15 is 0 Å². The molecule has 0 bridgehead atoms. The van der Waals surface area contributed by atoms with Gasteiger partial charge in [-0.1, -0.05) is 12.1 Å². The minimum atomic E-state index is -1.62. The third-order valence-corrected chi connectivity index (χ3v) is 2.59. The number of esters is 2. The lowest BCUT2D eigenvalue weighted by Crippen LogP contribution is -2.38. The van der Waals surface area contributed by atoms with Gasteiger partial charge < -0.3 is 14.8 Å². The second kappa shape index (κ2) is 8.04. The van der Waals surface area contributed by atoms with Crippen LogP contribution in [-0.4, -0.2) is 31.1 Å². The molecule has 114 valence electrons. The Morgan fingerprint density at radius 2 is 1.67 bits per heavy atom. The fraction of sp³-hybridized carbons (Fsp3) is 0.400. The van der Waals surface area contributed by atoms with Gasteiger partial charge in [-0.15, -0.1) is 0 Å². The van der Waals surface area contributed by atoms with Crippen LogP contribution in [0, 0.1) is 12.8 Å². The molecule has 1 N–H and O–H groups in total. The van der Waals surface area contributed by atoms with Gasteiger partial charge in [0.2, 0.25) is 11.8 Å². The standard InChI is InChI=1S/C15H19NO5/c1-4-20-14(18)12(15(19)21-5-2)13(17)16-11-8-6-7-10(3)9-11/h6-9,12H,4-5H2,1-3H3,(H,16,17). The number of anilines is 1. The summed E-state index contributed by atoms with van der Waals surface area (Å²) in [5.41, 5.74) is 1.44. The molecule has 0 saturated carbocycles. The van der Waals surface area contributed by atoms with Crippen LogP contribution in [0.3, 0.4) is 0 Å². The number of hydrogen-bond donors (Lipinski definition) is 1. The molecule has 0 saturated heterocycles. The smallest absolute Gasteiger partial charge is 0.330 e. The predicted octanol–water partition coefficient (Wildman–Crippen LogP) is 1.68. The van der Waals surface area contributed by atoms with Gasteiger partial charge in [0.05, 0.1) is 13.2 Å². The largest absolute Gasteiger partial charge is 0.465 e. The van der Waals surface area contributed by atoms with Crippen molar-refractivity contribution < 1.29 is 23.9 Å². The van der Waals surface area contributed by atoms with Crippen LogP contribution in [0.2, 0.25) is 0 Å². The Bertz CT molecular complexity index is 509. The van der Waals surface area contributed by atoms with Gasteiger partial charge in [-0.25, -0.2) is 0 Å². The molecule has 0 spiro atoms. The molecule has 1 amide bonds. The molecule has 0 aromatic heterocycles. The van der Waals surface area contributed by atoms with E-state index in [2.05, 4.69) is 5.32 Å². The van der Waals surface area contributed by atoms with E-state index < -0.39 is 23.8 Å². The van der Waals surface area contributed by atoms with Crippen molar-refractivity contribution in [3.63, 3.8) is 0 Å². The SMILES string of the molecule is CCOC(=O)C(C(=O)Nc1cccc(C)c1)C(=O)OCC. The highest BCUT2D eigenvalue weighted by Gasteiger charge is 2.37. The third-order valence-electron chi connectivity index (χ3n) is 2.59. The van der Waals surface area contributed by atoms with Gasteiger partial charge in [0.15, 0.2) is 0 Å². The summed E-state index contributed by atoms with van der Waals surface area (Å²) in [6, 6.07) is 7.02. The van der Waals surface area contributed by atoms with Gasteiger partial charge in [-0.2, -0.15) is 0 Å². The molecule has 1 aromatic rings. The van der Waals surface area contributed by atoms with Crippen LogP contribution in [0.4, 0.5) is 5.69 Å². The molecular formula is C15H19NO5. The second-order valence-corrected chi connectivity index (χ2v) is 4.30. The number of rotatable bonds is 6. The topological polar surface area (TPSA) is 81.7 Å². The predicted molar refractivity (Wildman–Crippen MR) is 76.6 cm³/mol. The van der Waals surface area contributed by atoms with Gasteiger partial charge in [-0.05, 0) is 38.5 Å². The van der Waals surface area contributed by atoms with E-state index in [4.69, 9.17) is 9.47 Å². The average molecular weight is 293 g/mol. The Morgan fingerprint density at radius 3 is 2.14 bits per heavy atom. The van der Waals surface area contributed by atoms with Crippen molar-refractivity contribution in [3.05, 3.63) is 29.8 Å². The highest BCUT2D eigenvalue weighted by molar-refractivity contribution is 6.18. The maximum atomic E-state index is 12.1. The number of amides is 1. The summed E-state index contributed by atoms with van der Waals surface area (Å²) < 4.78 is 9.51. The zero-order chi connectivity index (χ0) is 15.8. The lowest BCUT2D eigenvalue weighted by atomic mass is 10.1. The van der Waals surface area contributed by atoms with Crippen molar-refractivity contribution in [1.29, 1.82) is 0 Å². The molecule has 0 aliphatic carbocycles. The summed E-state index contributed by atoms with van der Waals surface area (Å²) in [6.45, 7) is 5.21. The highest BCUT2D eigenvalue weighted by atomic mass is 16.6. The van der Waals surface area contributed by atoms with Crippen LogP contribution >= 0.6 is 0 Å². The highest BCUT2D eigenvalue weighted by Crippen LogP contribution is 2.13. The number of carbonyl (C=O) groups excluding carboxylic acids is 3. The van der Waals surface area contributed by atoms with Crippen LogP contribution < -0.4 is 5.32 Å². The van der Waals surface area contributed by atoms with Crippen LogP contribution in [0.1, 0.15) is 19.4 Å². The Labute approximate surface area is 123 Å². The zero-order valence-electron chi connectivity index (χ0n) is 12.3. The van der Waals surface area contributed by atoms with Gasteiger partial charge in [0.1, 0.15) is 0 Å². The zero-order valence-corrected chi connectivity index (χ0v) is 12.3. The fourth-order valence-corrected chi connectivity index (χ4v) is 1.70. The number of aryl methyl sites for hydroxylation is 1. The Kier molecular flexibility index (Phi) is 6.39. The Hall–Kier alpha value is -2.37. The first kappa shape index (κ1) is 16.7. The van der Waals surface area contributed by atoms with E-state index in [0.717, 1.165) is 5.56 Å². The van der Waals surface area contributed by atoms with Gasteiger partial charge >= 0.3 is 11.9 Å². The number of hydrogen-bond acceptors (Lipinski definition) is 5. The third kappa shape index (κ3) is 4.91. The lowest BCUT2D eigenvalue weighted by molar-refractivity contribution is -0.163. The maximum Gasteiger partial charge on any atom is 0.330 e. The Balaban J connectivity index is 2.89. The van der Waals surface area contributed by atoms with Crippen molar-refractivity contribution in [1.82, 2.24) is 0 Å². The molecule has 1 aromatic carbocycles. The van der Waals surface area contributed by atoms with Gasteiger partial charge in [-0.3, -0.25) is 14.4 Å². The van der Waals surface area contributed by atoms with Crippen molar-refractivity contribution >= 4 is 23.5 Å². The van der Waals surface area contributed by atoms with E-state index in [0.29, 0.717) is 5.69 Å². The maximum absolute atomic E-state index is 12.1. The molecule has 0 fully saturated rings. The van der Waals surface area contributed by atoms with Crippen LogP contribution in [0.5, 0.6) is 0 Å². The normalized spacial score (nSPS) is 10.1. The van der Waals surface area contributed by atoms with Gasteiger partial charge in [0, 0.05) is 5.69 Å². The van der Waals surface area contributed by atoms with Crippen molar-refractivity contribution in [2.24, 2.45) is 5.92 Å². The summed E-state index contributed by atoms with van der Waals surface area (Å²) in [6.07, 6.45) is 0. The summed E-state index contributed by atoms with van der Waals surface area (Å²) in [7, 11) is 0. The van der Waals surface area contributed by atoms with E-state index in [1.165, 1.54) is 0 Å². The number of ether oxygens (including phenoxy) is 2. The molecule has 6 heteroatoms. The molecule has 0 unspecified atom stereocenters. The molecule has 0 radical (unpaired) electrons. The van der Waals surface area contributed by atoms with E-state index in [-0.39, 0.29) is 13.2 Å². The number of nitrogens with one attached hydrogen (secondary N) is 1. The molecule has 21 heavy (non-hydrogen) atoms. The van der Waals surface area contributed by atoms with Crippen LogP contribution in [0.25, 0.3) is 0 Å². The molecule has 0 aliphatic rings. The van der Waals surface area contributed by atoms with Crippen LogP contribution in [-0.2, 0) is 23.9 Å².